The van der Waals surface area contributed by atoms with Crippen LogP contribution in [0.5, 0.6) is 0 Å². The van der Waals surface area contributed by atoms with Crippen molar-refractivity contribution >= 4 is 22.8 Å². The van der Waals surface area contributed by atoms with Gasteiger partial charge in [0.1, 0.15) is 5.52 Å². The van der Waals surface area contributed by atoms with Gasteiger partial charge in [0.15, 0.2) is 5.65 Å². The van der Waals surface area contributed by atoms with Gasteiger partial charge in [-0.2, -0.15) is 0 Å². The Bertz CT molecular complexity index is 1030. The molecule has 1 aliphatic carbocycles. The second-order valence-electron chi connectivity index (χ2n) is 6.33. The first-order valence-electron chi connectivity index (χ1n) is 8.34. The van der Waals surface area contributed by atoms with E-state index in [9.17, 15) is 4.79 Å². The van der Waals surface area contributed by atoms with Gasteiger partial charge in [0.05, 0.1) is 17.5 Å². The van der Waals surface area contributed by atoms with Crippen LogP contribution >= 0.6 is 0 Å². The number of hydrogen-bond acceptors (Lipinski definition) is 3. The minimum Gasteiger partial charge on any atom is -0.344 e. The molecular weight excluding hydrogens is 312 g/mol. The van der Waals surface area contributed by atoms with Crippen LogP contribution in [0.2, 0.25) is 0 Å². The topological polar surface area (TPSA) is 70.7 Å². The summed E-state index contributed by atoms with van der Waals surface area (Å²) in [5, 5.41) is 2.97. The highest BCUT2D eigenvalue weighted by atomic mass is 16.1. The third-order valence-electron chi connectivity index (χ3n) is 4.39. The molecule has 1 amide bonds. The number of aryl methyl sites for hydroxylation is 1. The Labute approximate surface area is 145 Å². The molecular formula is C20H18N4O. The highest BCUT2D eigenvalue weighted by Gasteiger charge is 2.26. The van der Waals surface area contributed by atoms with E-state index < -0.39 is 0 Å². The first kappa shape index (κ1) is 15.4. The van der Waals surface area contributed by atoms with Crippen molar-refractivity contribution in [1.29, 1.82) is 0 Å². The molecule has 0 saturated heterocycles. The number of carbonyl (C=O) groups is 1. The summed E-state index contributed by atoms with van der Waals surface area (Å²) in [7, 11) is 0. The fourth-order valence-electron chi connectivity index (χ4n) is 2.82. The second-order valence-corrected chi connectivity index (χ2v) is 6.33. The van der Waals surface area contributed by atoms with Crippen LogP contribution in [-0.2, 0) is 0 Å². The van der Waals surface area contributed by atoms with E-state index in [2.05, 4.69) is 32.1 Å². The van der Waals surface area contributed by atoms with Crippen molar-refractivity contribution in [3.63, 3.8) is 0 Å². The number of nitrogens with one attached hydrogen (secondary N) is 2. The van der Waals surface area contributed by atoms with E-state index in [0.717, 1.165) is 35.3 Å². The molecule has 0 unspecified atom stereocenters. The predicted molar refractivity (Wildman–Crippen MR) is 97.5 cm³/mol. The molecule has 2 N–H and O–H groups in total. The van der Waals surface area contributed by atoms with Gasteiger partial charge in [0.2, 0.25) is 0 Å². The fraction of sp³-hybridized carbons (Fsp3) is 0.250. The number of benzene rings is 1. The van der Waals surface area contributed by atoms with Gasteiger partial charge in [-0.05, 0) is 44.4 Å². The zero-order chi connectivity index (χ0) is 17.4. The molecule has 5 heteroatoms. The monoisotopic (exact) mass is 330 g/mol. The minimum absolute atomic E-state index is 0.196. The average molecular weight is 330 g/mol. The zero-order valence-electron chi connectivity index (χ0n) is 14.2. The lowest BCUT2D eigenvalue weighted by Crippen LogP contribution is -2.13. The van der Waals surface area contributed by atoms with Crippen molar-refractivity contribution in [3.8, 4) is 11.8 Å². The maximum Gasteiger partial charge on any atom is 0.259 e. The van der Waals surface area contributed by atoms with Crippen LogP contribution in [-0.4, -0.2) is 20.9 Å². The summed E-state index contributed by atoms with van der Waals surface area (Å²) in [5.74, 6) is 6.18. The molecule has 25 heavy (non-hydrogen) atoms. The molecule has 1 aromatic carbocycles. The number of aromatic nitrogens is 3. The van der Waals surface area contributed by atoms with Crippen LogP contribution in [0, 0.1) is 18.8 Å². The van der Waals surface area contributed by atoms with Crippen molar-refractivity contribution in [2.45, 2.75) is 32.6 Å². The number of anilines is 1. The second kappa shape index (κ2) is 6.06. The maximum absolute atomic E-state index is 12.8. The van der Waals surface area contributed by atoms with Crippen molar-refractivity contribution in [1.82, 2.24) is 15.0 Å². The van der Waals surface area contributed by atoms with Gasteiger partial charge in [0.25, 0.3) is 5.91 Å². The summed E-state index contributed by atoms with van der Waals surface area (Å²) in [5.41, 5.74) is 5.36. The van der Waals surface area contributed by atoms with Gasteiger partial charge in [0, 0.05) is 23.4 Å². The van der Waals surface area contributed by atoms with Gasteiger partial charge in [-0.1, -0.05) is 12.0 Å². The average Bonchev–Trinajstić information content (AvgIpc) is 3.37. The van der Waals surface area contributed by atoms with Gasteiger partial charge >= 0.3 is 0 Å². The lowest BCUT2D eigenvalue weighted by molar-refractivity contribution is 0.102. The van der Waals surface area contributed by atoms with Gasteiger partial charge in [-0.25, -0.2) is 9.97 Å². The van der Waals surface area contributed by atoms with Crippen LogP contribution in [0.3, 0.4) is 0 Å². The number of H-pyrrole nitrogens is 1. The van der Waals surface area contributed by atoms with Crippen molar-refractivity contribution in [3.05, 3.63) is 53.0 Å². The smallest absolute Gasteiger partial charge is 0.259 e. The van der Waals surface area contributed by atoms with E-state index in [1.807, 2.05) is 25.1 Å². The summed E-state index contributed by atoms with van der Waals surface area (Å²) < 4.78 is 0. The first-order chi connectivity index (χ1) is 12.2. The Morgan fingerprint density at radius 1 is 1.36 bits per heavy atom. The number of carbonyl (C=O) groups excluding carboxylic acids is 1. The SMILES string of the molecule is CC#Cc1ccc(C)c(NC(=O)c2c[nH]c3ncc(C4CC4)nc23)c1. The molecule has 0 bridgehead atoms. The summed E-state index contributed by atoms with van der Waals surface area (Å²) in [6.07, 6.45) is 5.77. The highest BCUT2D eigenvalue weighted by Crippen LogP contribution is 2.39. The van der Waals surface area contributed by atoms with E-state index >= 15 is 0 Å². The lowest BCUT2D eigenvalue weighted by atomic mass is 10.1. The van der Waals surface area contributed by atoms with Gasteiger partial charge < -0.3 is 10.3 Å². The molecule has 2 heterocycles. The summed E-state index contributed by atoms with van der Waals surface area (Å²) in [6, 6.07) is 5.79. The Morgan fingerprint density at radius 3 is 2.96 bits per heavy atom. The van der Waals surface area contributed by atoms with Gasteiger partial charge in [-0.15, -0.1) is 5.92 Å². The lowest BCUT2D eigenvalue weighted by Gasteiger charge is -2.08. The van der Waals surface area contributed by atoms with E-state index in [1.165, 1.54) is 0 Å². The van der Waals surface area contributed by atoms with Crippen molar-refractivity contribution in [2.24, 2.45) is 0 Å². The van der Waals surface area contributed by atoms with Gasteiger partial charge in [-0.3, -0.25) is 4.79 Å². The number of fused-ring (bicyclic) bond motifs is 1. The molecule has 4 rings (SSSR count). The van der Waals surface area contributed by atoms with Crippen LogP contribution in [0.15, 0.2) is 30.6 Å². The van der Waals surface area contributed by atoms with Crippen LogP contribution in [0.25, 0.3) is 11.2 Å². The number of aromatic amines is 1. The highest BCUT2D eigenvalue weighted by molar-refractivity contribution is 6.11. The Balaban J connectivity index is 1.67. The predicted octanol–water partition coefficient (Wildman–Crippen LogP) is 3.77. The molecule has 0 atom stereocenters. The molecule has 2 aromatic heterocycles. The summed E-state index contributed by atoms with van der Waals surface area (Å²) in [4.78, 5) is 24.8. The molecule has 5 nitrogen and oxygen atoms in total. The number of nitrogens with zero attached hydrogens (tertiary/aromatic N) is 2. The van der Waals surface area contributed by atoms with E-state index in [-0.39, 0.29) is 5.91 Å². The zero-order valence-corrected chi connectivity index (χ0v) is 14.2. The molecule has 124 valence electrons. The quantitative estimate of drug-likeness (QED) is 0.718. The maximum atomic E-state index is 12.8. The fourth-order valence-corrected chi connectivity index (χ4v) is 2.82. The van der Waals surface area contributed by atoms with E-state index in [4.69, 9.17) is 0 Å². The molecule has 3 aromatic rings. The molecule has 0 radical (unpaired) electrons. The van der Waals surface area contributed by atoms with E-state index in [0.29, 0.717) is 22.6 Å². The Hall–Kier alpha value is -3.13. The summed E-state index contributed by atoms with van der Waals surface area (Å²) >= 11 is 0. The molecule has 1 aliphatic rings. The standard InChI is InChI=1S/C20H18N4O/c1-3-4-13-6-5-12(2)16(9-13)24-20(25)15-10-21-19-18(15)23-17(11-22-19)14-7-8-14/h5-6,9-11,14H,7-8H2,1-2H3,(H,21,22)(H,24,25). The normalized spacial score (nSPS) is 13.4. The largest absolute Gasteiger partial charge is 0.344 e. The van der Waals surface area contributed by atoms with Crippen LogP contribution in [0.4, 0.5) is 5.69 Å². The van der Waals surface area contributed by atoms with Crippen LogP contribution < -0.4 is 5.32 Å². The molecule has 0 spiro atoms. The summed E-state index contributed by atoms with van der Waals surface area (Å²) in [6.45, 7) is 3.75. The third-order valence-corrected chi connectivity index (χ3v) is 4.39. The number of rotatable bonds is 3. The molecule has 1 fully saturated rings. The van der Waals surface area contributed by atoms with Crippen LogP contribution in [0.1, 0.15) is 52.9 Å². The third kappa shape index (κ3) is 2.99. The number of amides is 1. The number of hydrogen-bond donors (Lipinski definition) is 2. The molecule has 1 saturated carbocycles. The van der Waals surface area contributed by atoms with E-state index in [1.54, 1.807) is 19.3 Å². The van der Waals surface area contributed by atoms with Crippen molar-refractivity contribution in [2.75, 3.05) is 5.32 Å². The Kier molecular flexibility index (Phi) is 3.73. The first-order valence-corrected chi connectivity index (χ1v) is 8.34. The van der Waals surface area contributed by atoms with Crippen molar-refractivity contribution < 1.29 is 4.79 Å². The minimum atomic E-state index is -0.196. The Morgan fingerprint density at radius 2 is 2.20 bits per heavy atom. The molecule has 0 aliphatic heterocycles.